The highest BCUT2D eigenvalue weighted by molar-refractivity contribution is 7.71. The number of fused-ring (bicyclic) bond motifs is 1. The van der Waals surface area contributed by atoms with Crippen LogP contribution in [0.25, 0.3) is 11.0 Å². The second-order valence-electron chi connectivity index (χ2n) is 5.10. The van der Waals surface area contributed by atoms with Crippen molar-refractivity contribution < 1.29 is 4.39 Å². The Balaban J connectivity index is 2.08. The lowest BCUT2D eigenvalue weighted by atomic mass is 10.1. The lowest BCUT2D eigenvalue weighted by molar-refractivity contribution is 0.553. The van der Waals surface area contributed by atoms with E-state index in [4.69, 9.17) is 12.2 Å². The first-order chi connectivity index (χ1) is 9.56. The minimum Gasteiger partial charge on any atom is -0.330 e. The number of benzene rings is 1. The van der Waals surface area contributed by atoms with Crippen molar-refractivity contribution in [1.82, 2.24) is 9.55 Å². The van der Waals surface area contributed by atoms with Gasteiger partial charge in [0, 0.05) is 6.04 Å². The van der Waals surface area contributed by atoms with Gasteiger partial charge >= 0.3 is 0 Å². The summed E-state index contributed by atoms with van der Waals surface area (Å²) in [5.74, 6) is -0.202. The van der Waals surface area contributed by atoms with E-state index in [0.717, 1.165) is 17.5 Å². The normalized spacial score (nSPS) is 12.9. The molecule has 5 heteroatoms. The average molecular weight is 306 g/mol. The van der Waals surface area contributed by atoms with Gasteiger partial charge in [-0.2, -0.15) is 11.3 Å². The predicted molar refractivity (Wildman–Crippen MR) is 84.6 cm³/mol. The van der Waals surface area contributed by atoms with Gasteiger partial charge in [-0.15, -0.1) is 0 Å². The van der Waals surface area contributed by atoms with Gasteiger partial charge < -0.3 is 9.55 Å². The van der Waals surface area contributed by atoms with E-state index in [1.165, 1.54) is 11.6 Å². The Morgan fingerprint density at radius 1 is 1.45 bits per heavy atom. The predicted octanol–water partition coefficient (Wildman–Crippen LogP) is 5.01. The Morgan fingerprint density at radius 2 is 2.25 bits per heavy atom. The first-order valence-corrected chi connectivity index (χ1v) is 7.83. The molecule has 0 aliphatic heterocycles. The summed E-state index contributed by atoms with van der Waals surface area (Å²) >= 11 is 7.10. The maximum Gasteiger partial charge on any atom is 0.178 e. The molecule has 1 atom stereocenters. The molecule has 0 saturated carbocycles. The molecule has 1 N–H and O–H groups in total. The van der Waals surface area contributed by atoms with Crippen molar-refractivity contribution in [2.75, 3.05) is 0 Å². The molecule has 0 saturated heterocycles. The van der Waals surface area contributed by atoms with Crippen LogP contribution < -0.4 is 0 Å². The van der Waals surface area contributed by atoms with Gasteiger partial charge in [0.2, 0.25) is 0 Å². The van der Waals surface area contributed by atoms with Gasteiger partial charge in [0.15, 0.2) is 4.77 Å². The van der Waals surface area contributed by atoms with E-state index in [2.05, 4.69) is 33.3 Å². The summed E-state index contributed by atoms with van der Waals surface area (Å²) < 4.78 is 16.4. The van der Waals surface area contributed by atoms with Gasteiger partial charge in [-0.1, -0.05) is 0 Å². The summed E-state index contributed by atoms with van der Waals surface area (Å²) in [4.78, 5) is 3.10. The summed E-state index contributed by atoms with van der Waals surface area (Å²) in [5, 5.41) is 4.23. The van der Waals surface area contributed by atoms with Crippen LogP contribution in [0.3, 0.4) is 0 Å². The van der Waals surface area contributed by atoms with Gasteiger partial charge in [0.1, 0.15) is 5.82 Å². The zero-order valence-corrected chi connectivity index (χ0v) is 12.9. The molecule has 0 aliphatic carbocycles. The zero-order valence-electron chi connectivity index (χ0n) is 11.3. The van der Waals surface area contributed by atoms with E-state index in [-0.39, 0.29) is 11.9 Å². The molecule has 0 amide bonds. The number of aryl methyl sites for hydroxylation is 1. The van der Waals surface area contributed by atoms with Gasteiger partial charge in [-0.05, 0) is 72.6 Å². The summed E-state index contributed by atoms with van der Waals surface area (Å²) in [6.07, 6.45) is 0.918. The number of aromatic nitrogens is 2. The maximum atomic E-state index is 13.6. The lowest BCUT2D eigenvalue weighted by Gasteiger charge is -2.14. The molecule has 0 aliphatic rings. The highest BCUT2D eigenvalue weighted by atomic mass is 32.1. The van der Waals surface area contributed by atoms with E-state index < -0.39 is 0 Å². The summed E-state index contributed by atoms with van der Waals surface area (Å²) in [5.41, 5.74) is 3.67. The zero-order chi connectivity index (χ0) is 14.3. The third-order valence-corrected chi connectivity index (χ3v) is 4.58. The molecule has 104 valence electrons. The number of nitrogens with one attached hydrogen (secondary N) is 1. The van der Waals surface area contributed by atoms with Crippen LogP contribution in [-0.4, -0.2) is 9.55 Å². The lowest BCUT2D eigenvalue weighted by Crippen LogP contribution is -2.08. The molecular formula is C15H15FN2S2. The SMILES string of the molecule is Cc1cc2c(cc1F)[nH]c(=S)n2C(C)Cc1ccsc1. The first-order valence-electron chi connectivity index (χ1n) is 6.47. The van der Waals surface area contributed by atoms with Gasteiger partial charge in [-0.25, -0.2) is 4.39 Å². The van der Waals surface area contributed by atoms with E-state index in [1.807, 2.05) is 6.07 Å². The van der Waals surface area contributed by atoms with Crippen LogP contribution in [0, 0.1) is 17.5 Å². The largest absolute Gasteiger partial charge is 0.330 e. The number of aromatic amines is 1. The van der Waals surface area contributed by atoms with Gasteiger partial charge in [0.25, 0.3) is 0 Å². The molecule has 20 heavy (non-hydrogen) atoms. The molecular weight excluding hydrogens is 291 g/mol. The molecule has 0 fully saturated rings. The van der Waals surface area contributed by atoms with Crippen LogP contribution in [0.1, 0.15) is 24.1 Å². The minimum atomic E-state index is -0.202. The standard InChI is InChI=1S/C15H15FN2S2/c1-9-5-14-13(7-12(9)16)17-15(19)18(14)10(2)6-11-3-4-20-8-11/h3-5,7-8,10H,6H2,1-2H3,(H,17,19). The summed E-state index contributed by atoms with van der Waals surface area (Å²) in [6.45, 7) is 3.91. The molecule has 0 radical (unpaired) electrons. The average Bonchev–Trinajstić information content (AvgIpc) is 2.97. The van der Waals surface area contributed by atoms with Crippen molar-refractivity contribution in [2.45, 2.75) is 26.3 Å². The first kappa shape index (κ1) is 13.5. The topological polar surface area (TPSA) is 20.7 Å². The molecule has 3 aromatic rings. The fraction of sp³-hybridized carbons (Fsp3) is 0.267. The van der Waals surface area contributed by atoms with Crippen molar-refractivity contribution >= 4 is 34.6 Å². The molecule has 1 unspecified atom stereocenters. The van der Waals surface area contributed by atoms with Crippen LogP contribution in [0.2, 0.25) is 0 Å². The molecule has 1 aromatic carbocycles. The highest BCUT2D eigenvalue weighted by Gasteiger charge is 2.13. The van der Waals surface area contributed by atoms with Gasteiger partial charge in [-0.3, -0.25) is 0 Å². The summed E-state index contributed by atoms with van der Waals surface area (Å²) in [7, 11) is 0. The summed E-state index contributed by atoms with van der Waals surface area (Å²) in [6, 6.07) is 5.75. The second-order valence-corrected chi connectivity index (χ2v) is 6.27. The van der Waals surface area contributed by atoms with Crippen molar-refractivity contribution in [3.8, 4) is 0 Å². The van der Waals surface area contributed by atoms with E-state index in [0.29, 0.717) is 10.3 Å². The van der Waals surface area contributed by atoms with E-state index in [9.17, 15) is 4.39 Å². The molecule has 0 bridgehead atoms. The quantitative estimate of drug-likeness (QED) is 0.674. The van der Waals surface area contributed by atoms with Crippen LogP contribution in [0.4, 0.5) is 4.39 Å². The van der Waals surface area contributed by atoms with E-state index in [1.54, 1.807) is 18.3 Å². The van der Waals surface area contributed by atoms with Crippen molar-refractivity contribution in [3.63, 3.8) is 0 Å². The number of nitrogens with zero attached hydrogens (tertiary/aromatic N) is 1. The van der Waals surface area contributed by atoms with Crippen LogP contribution in [0.15, 0.2) is 29.0 Å². The van der Waals surface area contributed by atoms with Crippen LogP contribution >= 0.6 is 23.6 Å². The Hall–Kier alpha value is -1.46. The third kappa shape index (κ3) is 2.31. The third-order valence-electron chi connectivity index (χ3n) is 3.55. The molecule has 3 rings (SSSR count). The number of imidazole rings is 1. The van der Waals surface area contributed by atoms with Crippen LogP contribution in [0.5, 0.6) is 0 Å². The van der Waals surface area contributed by atoms with Crippen molar-refractivity contribution in [3.05, 3.63) is 50.7 Å². The smallest absolute Gasteiger partial charge is 0.178 e. The Labute approximate surface area is 125 Å². The Kier molecular flexibility index (Phi) is 3.48. The molecule has 0 spiro atoms. The minimum absolute atomic E-state index is 0.202. The van der Waals surface area contributed by atoms with E-state index >= 15 is 0 Å². The number of H-pyrrole nitrogens is 1. The molecule has 2 heterocycles. The molecule has 2 aromatic heterocycles. The van der Waals surface area contributed by atoms with Crippen molar-refractivity contribution in [2.24, 2.45) is 0 Å². The monoisotopic (exact) mass is 306 g/mol. The maximum absolute atomic E-state index is 13.6. The van der Waals surface area contributed by atoms with Gasteiger partial charge in [0.05, 0.1) is 11.0 Å². The van der Waals surface area contributed by atoms with Crippen LogP contribution in [-0.2, 0) is 6.42 Å². The number of rotatable bonds is 3. The highest BCUT2D eigenvalue weighted by Crippen LogP contribution is 2.24. The fourth-order valence-electron chi connectivity index (χ4n) is 2.53. The number of hydrogen-bond donors (Lipinski definition) is 1. The number of thiophene rings is 1. The Morgan fingerprint density at radius 3 is 2.95 bits per heavy atom. The Bertz CT molecular complexity index is 799. The molecule has 2 nitrogen and oxygen atoms in total. The fourth-order valence-corrected chi connectivity index (χ4v) is 3.60. The number of halogens is 1. The second kappa shape index (κ2) is 5.14. The number of hydrogen-bond acceptors (Lipinski definition) is 2. The van der Waals surface area contributed by atoms with Crippen molar-refractivity contribution in [1.29, 1.82) is 0 Å².